The fourth-order valence-electron chi connectivity index (χ4n) is 4.47. The van der Waals surface area contributed by atoms with Crippen LogP contribution in [0.15, 0.2) is 54.6 Å². The Morgan fingerprint density at radius 2 is 1.67 bits per heavy atom. The number of pyridine rings is 1. The number of hydrogen-bond donors (Lipinski definition) is 1. The lowest BCUT2D eigenvalue weighted by Gasteiger charge is -2.29. The predicted molar refractivity (Wildman–Crippen MR) is 132 cm³/mol. The summed E-state index contributed by atoms with van der Waals surface area (Å²) in [6, 6.07) is 18.7. The number of para-hydroxylation sites is 1. The summed E-state index contributed by atoms with van der Waals surface area (Å²) in [5.74, 6) is 0.888. The van der Waals surface area contributed by atoms with Crippen LogP contribution in [0.5, 0.6) is 5.75 Å². The average Bonchev–Trinajstić information content (AvgIpc) is 3.70. The summed E-state index contributed by atoms with van der Waals surface area (Å²) < 4.78 is 28.1. The minimum atomic E-state index is -0.853. The van der Waals surface area contributed by atoms with E-state index in [-0.39, 0.29) is 6.10 Å². The highest BCUT2D eigenvalue weighted by Crippen LogP contribution is 2.32. The van der Waals surface area contributed by atoms with Crippen LogP contribution in [0.4, 0.5) is 0 Å². The molecule has 0 spiro atoms. The van der Waals surface area contributed by atoms with Gasteiger partial charge in [-0.2, -0.15) is 0 Å². The number of ether oxygens (including phenoxy) is 2. The number of hydrogen-bond acceptors (Lipinski definition) is 4. The fraction of sp³-hybridized carbons (Fsp3) is 0.444. The van der Waals surface area contributed by atoms with Crippen molar-refractivity contribution >= 4 is 21.9 Å². The molecule has 1 atom stereocenters. The molecule has 0 radical (unpaired) electrons. The number of nitrogens with one attached hydrogen (secondary N) is 1. The molecule has 1 unspecified atom stereocenters. The zero-order valence-electron chi connectivity index (χ0n) is 19.2. The molecule has 0 aliphatic heterocycles. The van der Waals surface area contributed by atoms with Gasteiger partial charge in [0.15, 0.2) is 0 Å². The van der Waals surface area contributed by atoms with E-state index in [0.29, 0.717) is 24.5 Å². The van der Waals surface area contributed by atoms with Crippen LogP contribution in [0.2, 0.25) is 0 Å². The summed E-state index contributed by atoms with van der Waals surface area (Å²) >= 11 is 0. The first-order chi connectivity index (χ1) is 16.2. The lowest BCUT2D eigenvalue weighted by atomic mass is 9.94. The van der Waals surface area contributed by atoms with Crippen molar-refractivity contribution in [3.05, 3.63) is 71.4 Å². The first kappa shape index (κ1) is 22.5. The molecule has 174 valence electrons. The number of benzene rings is 2. The van der Waals surface area contributed by atoms with Crippen molar-refractivity contribution < 1.29 is 13.7 Å². The molecule has 33 heavy (non-hydrogen) atoms. The van der Waals surface area contributed by atoms with Gasteiger partial charge in [0.05, 0.1) is 34.9 Å². The maximum atomic E-state index is 12.1. The topological polar surface area (TPSA) is 60.5 Å². The van der Waals surface area contributed by atoms with Crippen molar-refractivity contribution in [3.8, 4) is 5.75 Å². The largest absolute Gasteiger partial charge is 0.488 e. The van der Waals surface area contributed by atoms with Gasteiger partial charge in [-0.3, -0.25) is 0 Å². The van der Waals surface area contributed by atoms with E-state index in [9.17, 15) is 4.21 Å². The molecule has 5 nitrogen and oxygen atoms in total. The Hall–Kier alpha value is -2.28. The summed E-state index contributed by atoms with van der Waals surface area (Å²) in [5.41, 5.74) is 4.05. The van der Waals surface area contributed by atoms with Gasteiger partial charge < -0.3 is 9.47 Å². The van der Waals surface area contributed by atoms with Gasteiger partial charge in [-0.25, -0.2) is 13.9 Å². The van der Waals surface area contributed by atoms with Crippen LogP contribution in [0, 0.1) is 6.92 Å². The van der Waals surface area contributed by atoms with Gasteiger partial charge in [0.25, 0.3) is 0 Å². The van der Waals surface area contributed by atoms with Gasteiger partial charge in [0.2, 0.25) is 0 Å². The van der Waals surface area contributed by atoms with E-state index in [4.69, 9.17) is 14.5 Å². The first-order valence-electron chi connectivity index (χ1n) is 12.0. The summed E-state index contributed by atoms with van der Waals surface area (Å²) in [6.45, 7) is 3.08. The molecular formula is C27H32N2O3S. The molecule has 2 aliphatic carbocycles. The monoisotopic (exact) mass is 464 g/mol. The summed E-state index contributed by atoms with van der Waals surface area (Å²) in [4.78, 5) is 4.90. The quantitative estimate of drug-likeness (QED) is 0.463. The van der Waals surface area contributed by atoms with Crippen molar-refractivity contribution in [2.24, 2.45) is 0 Å². The lowest BCUT2D eigenvalue weighted by molar-refractivity contribution is 0.0111. The van der Waals surface area contributed by atoms with Crippen LogP contribution in [-0.2, 0) is 28.9 Å². The molecular weight excluding hydrogens is 432 g/mol. The van der Waals surface area contributed by atoms with Gasteiger partial charge in [0, 0.05) is 22.2 Å². The molecule has 2 saturated carbocycles. The van der Waals surface area contributed by atoms with E-state index in [1.807, 2.05) is 36.4 Å². The minimum absolute atomic E-state index is 0.221. The Bertz CT molecular complexity index is 1110. The molecule has 0 bridgehead atoms. The summed E-state index contributed by atoms with van der Waals surface area (Å²) in [5, 5.41) is 1.42. The van der Waals surface area contributed by atoms with Crippen LogP contribution in [0.25, 0.3) is 10.9 Å². The molecule has 3 aromatic rings. The average molecular weight is 465 g/mol. The van der Waals surface area contributed by atoms with Crippen LogP contribution in [0.1, 0.15) is 55.3 Å². The summed E-state index contributed by atoms with van der Waals surface area (Å²) in [7, 11) is -0.853. The van der Waals surface area contributed by atoms with E-state index in [0.717, 1.165) is 72.0 Å². The Balaban J connectivity index is 1.23. The van der Waals surface area contributed by atoms with E-state index in [1.165, 1.54) is 0 Å². The van der Waals surface area contributed by atoms with Crippen molar-refractivity contribution in [2.75, 3.05) is 0 Å². The molecule has 5 rings (SSSR count). The zero-order valence-corrected chi connectivity index (χ0v) is 20.0. The fourth-order valence-corrected chi connectivity index (χ4v) is 5.79. The third kappa shape index (κ3) is 5.62. The lowest BCUT2D eigenvalue weighted by Crippen LogP contribution is -2.37. The number of nitrogens with zero attached hydrogens (tertiary/aromatic N) is 1. The van der Waals surface area contributed by atoms with Gasteiger partial charge >= 0.3 is 0 Å². The van der Waals surface area contributed by atoms with Crippen molar-refractivity contribution in [2.45, 2.75) is 76.1 Å². The molecule has 2 fully saturated rings. The Kier molecular flexibility index (Phi) is 7.04. The van der Waals surface area contributed by atoms with Gasteiger partial charge in [-0.15, -0.1) is 0 Å². The highest BCUT2D eigenvalue weighted by molar-refractivity contribution is 7.84. The van der Waals surface area contributed by atoms with Crippen LogP contribution < -0.4 is 9.46 Å². The van der Waals surface area contributed by atoms with E-state index >= 15 is 0 Å². The molecule has 0 saturated heterocycles. The Morgan fingerprint density at radius 1 is 0.939 bits per heavy atom. The van der Waals surface area contributed by atoms with Crippen LogP contribution in [0.3, 0.4) is 0 Å². The van der Waals surface area contributed by atoms with Crippen LogP contribution in [-0.4, -0.2) is 26.6 Å². The standard InChI is InChI=1S/C27H32N2O3S/c1-19-26(18-31-22-13-11-21(12-14-22)29-33(30)23-15-16-23)28-25-10-6-5-9-24(25)27(19)32-17-20-7-3-2-4-8-20/h2-10,21-23,29H,11-18H2,1H3. The highest BCUT2D eigenvalue weighted by atomic mass is 32.2. The van der Waals surface area contributed by atoms with E-state index in [2.05, 4.69) is 29.8 Å². The van der Waals surface area contributed by atoms with Gasteiger partial charge in [-0.1, -0.05) is 42.5 Å². The van der Waals surface area contributed by atoms with E-state index < -0.39 is 11.0 Å². The summed E-state index contributed by atoms with van der Waals surface area (Å²) in [6.07, 6.45) is 6.43. The molecule has 2 aromatic carbocycles. The molecule has 6 heteroatoms. The second-order valence-corrected chi connectivity index (χ2v) is 10.7. The van der Waals surface area contributed by atoms with Crippen molar-refractivity contribution in [1.82, 2.24) is 9.71 Å². The number of fused-ring (bicyclic) bond motifs is 1. The molecule has 1 heterocycles. The minimum Gasteiger partial charge on any atom is -0.488 e. The van der Waals surface area contributed by atoms with Gasteiger partial charge in [0.1, 0.15) is 12.4 Å². The maximum Gasteiger partial charge on any atom is 0.134 e. The predicted octanol–water partition coefficient (Wildman–Crippen LogP) is 5.37. The van der Waals surface area contributed by atoms with E-state index in [1.54, 1.807) is 0 Å². The first-order valence-corrected chi connectivity index (χ1v) is 13.2. The normalized spacial score (nSPS) is 21.7. The van der Waals surface area contributed by atoms with Crippen LogP contribution >= 0.6 is 0 Å². The second-order valence-electron chi connectivity index (χ2n) is 9.20. The Morgan fingerprint density at radius 3 is 2.42 bits per heavy atom. The zero-order chi connectivity index (χ0) is 22.6. The number of aromatic nitrogens is 1. The maximum absolute atomic E-state index is 12.1. The third-order valence-electron chi connectivity index (χ3n) is 6.64. The van der Waals surface area contributed by atoms with Crippen molar-refractivity contribution in [3.63, 3.8) is 0 Å². The molecule has 0 amide bonds. The third-order valence-corrected chi connectivity index (χ3v) is 8.29. The Labute approximate surface area is 198 Å². The molecule has 1 N–H and O–H groups in total. The molecule has 1 aromatic heterocycles. The smallest absolute Gasteiger partial charge is 0.134 e. The SMILES string of the molecule is Cc1c(COC2CCC(NS(=O)C3CC3)CC2)nc2ccccc2c1OCc1ccccc1. The van der Waals surface area contributed by atoms with Crippen molar-refractivity contribution in [1.29, 1.82) is 0 Å². The highest BCUT2D eigenvalue weighted by Gasteiger charge is 2.31. The molecule has 2 aliphatic rings. The number of rotatable bonds is 9. The van der Waals surface area contributed by atoms with Gasteiger partial charge in [-0.05, 0) is 63.1 Å². The second kappa shape index (κ2) is 10.3.